The van der Waals surface area contributed by atoms with Crippen LogP contribution in [0.1, 0.15) is 24.0 Å². The molecule has 110 valence electrons. The Hall–Kier alpha value is -1.51. The summed E-state index contributed by atoms with van der Waals surface area (Å²) in [7, 11) is 0. The number of carbonyl (C=O) groups is 1. The van der Waals surface area contributed by atoms with Crippen LogP contribution < -0.4 is 0 Å². The quantitative estimate of drug-likeness (QED) is 0.733. The molecule has 0 aromatic heterocycles. The van der Waals surface area contributed by atoms with Crippen molar-refractivity contribution in [2.75, 3.05) is 6.61 Å². The van der Waals surface area contributed by atoms with Crippen molar-refractivity contribution < 1.29 is 9.53 Å². The first-order valence-corrected chi connectivity index (χ1v) is 7.53. The van der Waals surface area contributed by atoms with E-state index < -0.39 is 0 Å². The number of carbonyl (C=O) groups excluding carboxylic acids is 1. The summed E-state index contributed by atoms with van der Waals surface area (Å²) in [5.74, 6) is -0.637. The average molecular weight is 323 g/mol. The highest BCUT2D eigenvalue weighted by Crippen LogP contribution is 2.27. The molecule has 2 nitrogen and oxygen atoms in total. The first kappa shape index (κ1) is 15.9. The minimum atomic E-state index is -0.387. The van der Waals surface area contributed by atoms with Gasteiger partial charge in [0.05, 0.1) is 12.5 Å². The van der Waals surface area contributed by atoms with Crippen molar-refractivity contribution in [3.63, 3.8) is 0 Å². The second-order valence-electron chi connectivity index (χ2n) is 4.65. The lowest BCUT2D eigenvalue weighted by Gasteiger charge is -2.17. The molecule has 0 aliphatic rings. The third kappa shape index (κ3) is 4.23. The van der Waals surface area contributed by atoms with Gasteiger partial charge in [-0.1, -0.05) is 53.5 Å². The zero-order chi connectivity index (χ0) is 15.2. The molecule has 0 spiro atoms. The van der Waals surface area contributed by atoms with E-state index in [0.29, 0.717) is 23.1 Å². The van der Waals surface area contributed by atoms with E-state index in [1.807, 2.05) is 36.4 Å². The fourth-order valence-electron chi connectivity index (χ4n) is 2.16. The Morgan fingerprint density at radius 3 is 2.38 bits per heavy atom. The molecule has 0 saturated carbocycles. The van der Waals surface area contributed by atoms with Gasteiger partial charge in [0.25, 0.3) is 0 Å². The van der Waals surface area contributed by atoms with Gasteiger partial charge in [-0.3, -0.25) is 4.79 Å². The van der Waals surface area contributed by atoms with Crippen molar-refractivity contribution in [2.45, 2.75) is 19.3 Å². The van der Waals surface area contributed by atoms with Crippen LogP contribution in [0.4, 0.5) is 0 Å². The van der Waals surface area contributed by atoms with E-state index in [9.17, 15) is 4.79 Å². The van der Waals surface area contributed by atoms with Crippen LogP contribution >= 0.6 is 23.2 Å². The van der Waals surface area contributed by atoms with Crippen molar-refractivity contribution in [1.82, 2.24) is 0 Å². The topological polar surface area (TPSA) is 26.3 Å². The predicted molar refractivity (Wildman–Crippen MR) is 86.0 cm³/mol. The van der Waals surface area contributed by atoms with Gasteiger partial charge in [-0.05, 0) is 42.7 Å². The van der Waals surface area contributed by atoms with E-state index >= 15 is 0 Å². The number of rotatable bonds is 5. The lowest BCUT2D eigenvalue weighted by atomic mass is 9.92. The Morgan fingerprint density at radius 2 is 1.76 bits per heavy atom. The van der Waals surface area contributed by atoms with Crippen molar-refractivity contribution >= 4 is 29.2 Å². The van der Waals surface area contributed by atoms with Gasteiger partial charge in [-0.2, -0.15) is 0 Å². The van der Waals surface area contributed by atoms with E-state index in [2.05, 4.69) is 0 Å². The van der Waals surface area contributed by atoms with Crippen LogP contribution in [0.3, 0.4) is 0 Å². The summed E-state index contributed by atoms with van der Waals surface area (Å²) in [4.78, 5) is 12.2. The number of esters is 1. The lowest BCUT2D eigenvalue weighted by molar-refractivity contribution is -0.144. The van der Waals surface area contributed by atoms with Crippen LogP contribution in [0.15, 0.2) is 48.5 Å². The van der Waals surface area contributed by atoms with E-state index in [0.717, 1.165) is 11.1 Å². The van der Waals surface area contributed by atoms with Gasteiger partial charge in [0.1, 0.15) is 0 Å². The Balaban J connectivity index is 2.30. The normalized spacial score (nSPS) is 12.0. The fraction of sp³-hybridized carbons (Fsp3) is 0.235. The van der Waals surface area contributed by atoms with Crippen LogP contribution in [0, 0.1) is 0 Å². The Kier molecular flexibility index (Phi) is 5.66. The van der Waals surface area contributed by atoms with Gasteiger partial charge in [0, 0.05) is 10.0 Å². The molecule has 2 rings (SSSR count). The molecular weight excluding hydrogens is 307 g/mol. The summed E-state index contributed by atoms with van der Waals surface area (Å²) in [5.41, 5.74) is 1.80. The monoisotopic (exact) mass is 322 g/mol. The highest BCUT2D eigenvalue weighted by Gasteiger charge is 2.23. The van der Waals surface area contributed by atoms with E-state index in [4.69, 9.17) is 27.9 Å². The second kappa shape index (κ2) is 7.48. The first-order chi connectivity index (χ1) is 10.1. The maximum atomic E-state index is 12.2. The number of halogens is 2. The molecule has 0 fully saturated rings. The van der Waals surface area contributed by atoms with Gasteiger partial charge in [-0.15, -0.1) is 0 Å². The summed E-state index contributed by atoms with van der Waals surface area (Å²) in [6.07, 6.45) is 0.500. The molecule has 0 aliphatic carbocycles. The molecule has 0 bridgehead atoms. The minimum Gasteiger partial charge on any atom is -0.466 e. The maximum Gasteiger partial charge on any atom is 0.313 e. The molecule has 21 heavy (non-hydrogen) atoms. The predicted octanol–water partition coefficient (Wildman–Crippen LogP) is 4.88. The Morgan fingerprint density at radius 1 is 1.10 bits per heavy atom. The Bertz CT molecular complexity index is 608. The van der Waals surface area contributed by atoms with Gasteiger partial charge >= 0.3 is 5.97 Å². The van der Waals surface area contributed by atoms with Crippen LogP contribution in [0.25, 0.3) is 0 Å². The largest absolute Gasteiger partial charge is 0.466 e. The fourth-order valence-corrected chi connectivity index (χ4v) is 2.50. The van der Waals surface area contributed by atoms with Crippen molar-refractivity contribution in [1.29, 1.82) is 0 Å². The highest BCUT2D eigenvalue weighted by molar-refractivity contribution is 6.31. The van der Waals surface area contributed by atoms with Gasteiger partial charge in [0.2, 0.25) is 0 Å². The number of ether oxygens (including phenoxy) is 1. The van der Waals surface area contributed by atoms with Crippen LogP contribution in [0.5, 0.6) is 0 Å². The second-order valence-corrected chi connectivity index (χ2v) is 5.50. The molecule has 0 aliphatic heterocycles. The molecule has 2 aromatic rings. The first-order valence-electron chi connectivity index (χ1n) is 6.77. The van der Waals surface area contributed by atoms with Crippen molar-refractivity contribution in [3.8, 4) is 0 Å². The molecule has 0 saturated heterocycles. The summed E-state index contributed by atoms with van der Waals surface area (Å²) in [5, 5.41) is 1.29. The van der Waals surface area contributed by atoms with E-state index in [-0.39, 0.29) is 11.9 Å². The van der Waals surface area contributed by atoms with Crippen molar-refractivity contribution in [2.24, 2.45) is 0 Å². The van der Waals surface area contributed by atoms with Gasteiger partial charge in [0.15, 0.2) is 0 Å². The zero-order valence-electron chi connectivity index (χ0n) is 11.7. The molecule has 2 aromatic carbocycles. The zero-order valence-corrected chi connectivity index (χ0v) is 13.2. The number of hydrogen-bond acceptors (Lipinski definition) is 2. The van der Waals surface area contributed by atoms with E-state index in [1.165, 1.54) is 0 Å². The molecule has 4 heteroatoms. The van der Waals surface area contributed by atoms with Crippen LogP contribution in [0.2, 0.25) is 10.0 Å². The standard InChI is InChI=1S/C17H16Cl2O2/c1-2-21-17(20)15(12-7-9-14(18)10-8-12)11-13-5-3-4-6-16(13)19/h3-10,15H,2,11H2,1H3. The Labute approximate surface area is 134 Å². The SMILES string of the molecule is CCOC(=O)C(Cc1ccccc1Cl)c1ccc(Cl)cc1. The molecule has 0 heterocycles. The highest BCUT2D eigenvalue weighted by atomic mass is 35.5. The molecule has 1 unspecified atom stereocenters. The molecule has 0 amide bonds. The minimum absolute atomic E-state index is 0.250. The van der Waals surface area contributed by atoms with Crippen LogP contribution in [-0.4, -0.2) is 12.6 Å². The third-order valence-corrected chi connectivity index (χ3v) is 3.85. The van der Waals surface area contributed by atoms with Crippen molar-refractivity contribution in [3.05, 3.63) is 69.7 Å². The maximum absolute atomic E-state index is 12.2. The molecule has 1 atom stereocenters. The van der Waals surface area contributed by atoms with Gasteiger partial charge in [-0.25, -0.2) is 0 Å². The summed E-state index contributed by atoms with van der Waals surface area (Å²) in [6.45, 7) is 2.15. The van der Waals surface area contributed by atoms with E-state index in [1.54, 1.807) is 19.1 Å². The lowest BCUT2D eigenvalue weighted by Crippen LogP contribution is -2.18. The molecule has 0 radical (unpaired) electrons. The average Bonchev–Trinajstić information content (AvgIpc) is 2.48. The molecular formula is C17H16Cl2O2. The molecule has 0 N–H and O–H groups in total. The smallest absolute Gasteiger partial charge is 0.313 e. The third-order valence-electron chi connectivity index (χ3n) is 3.23. The number of benzene rings is 2. The summed E-state index contributed by atoms with van der Waals surface area (Å²) >= 11 is 12.1. The summed E-state index contributed by atoms with van der Waals surface area (Å²) < 4.78 is 5.19. The number of hydrogen-bond donors (Lipinski definition) is 0. The van der Waals surface area contributed by atoms with Crippen LogP contribution in [-0.2, 0) is 16.0 Å². The summed E-state index contributed by atoms with van der Waals surface area (Å²) in [6, 6.07) is 14.8. The van der Waals surface area contributed by atoms with Gasteiger partial charge < -0.3 is 4.74 Å².